The molecule has 0 radical (unpaired) electrons. The first-order chi connectivity index (χ1) is 15.3. The molecule has 166 valence electrons. The molecule has 10 heteroatoms. The van der Waals surface area contributed by atoms with Crippen LogP contribution in [0.25, 0.3) is 0 Å². The van der Waals surface area contributed by atoms with Crippen LogP contribution >= 0.6 is 0 Å². The molecular weight excluding hydrogens is 434 g/mol. The maximum atomic E-state index is 12.5. The van der Waals surface area contributed by atoms with E-state index in [-0.39, 0.29) is 22.0 Å². The van der Waals surface area contributed by atoms with E-state index in [1.807, 2.05) is 6.92 Å². The van der Waals surface area contributed by atoms with E-state index in [0.29, 0.717) is 23.6 Å². The molecule has 3 aromatic rings. The van der Waals surface area contributed by atoms with Gasteiger partial charge in [0.1, 0.15) is 5.75 Å². The molecule has 0 fully saturated rings. The van der Waals surface area contributed by atoms with Crippen LogP contribution in [0.1, 0.15) is 22.8 Å². The van der Waals surface area contributed by atoms with Gasteiger partial charge in [0.15, 0.2) is 11.5 Å². The minimum absolute atomic E-state index is 0.0809. The van der Waals surface area contributed by atoms with E-state index in [1.165, 1.54) is 60.8 Å². The maximum Gasteiger partial charge on any atom is 0.271 e. The Morgan fingerprint density at radius 1 is 1.00 bits per heavy atom. The predicted molar refractivity (Wildman–Crippen MR) is 120 cm³/mol. The third-order valence-electron chi connectivity index (χ3n) is 4.22. The number of aromatic hydroxyl groups is 2. The molecule has 0 unspecified atom stereocenters. The van der Waals surface area contributed by atoms with Crippen LogP contribution in [0, 0.1) is 0 Å². The normalized spacial score (nSPS) is 11.3. The number of carbonyl (C=O) groups is 1. The van der Waals surface area contributed by atoms with E-state index in [0.717, 1.165) is 0 Å². The first-order valence-corrected chi connectivity index (χ1v) is 11.0. The smallest absolute Gasteiger partial charge is 0.271 e. The highest BCUT2D eigenvalue weighted by Gasteiger charge is 2.14. The Labute approximate surface area is 185 Å². The molecule has 0 heterocycles. The lowest BCUT2D eigenvalue weighted by molar-refractivity contribution is 0.0955. The number of nitrogens with zero attached hydrogens (tertiary/aromatic N) is 1. The number of ether oxygens (including phenoxy) is 1. The number of sulfonamides is 1. The fourth-order valence-electron chi connectivity index (χ4n) is 2.64. The lowest BCUT2D eigenvalue weighted by atomic mass is 10.2. The molecular formula is C22H21N3O6S. The number of hydrogen-bond acceptors (Lipinski definition) is 7. The van der Waals surface area contributed by atoms with Gasteiger partial charge in [0.25, 0.3) is 15.9 Å². The van der Waals surface area contributed by atoms with Gasteiger partial charge in [-0.1, -0.05) is 0 Å². The predicted octanol–water partition coefficient (Wildman–Crippen LogP) is 3.06. The van der Waals surface area contributed by atoms with Gasteiger partial charge in [-0.3, -0.25) is 9.52 Å². The Kier molecular flexibility index (Phi) is 6.96. The highest BCUT2D eigenvalue weighted by Crippen LogP contribution is 2.24. The minimum atomic E-state index is -3.80. The van der Waals surface area contributed by atoms with Gasteiger partial charge in [-0.25, -0.2) is 13.8 Å². The average Bonchev–Trinajstić information content (AvgIpc) is 2.77. The quantitative estimate of drug-likeness (QED) is 0.234. The van der Waals surface area contributed by atoms with Gasteiger partial charge in [0.05, 0.1) is 17.7 Å². The molecule has 3 rings (SSSR count). The monoisotopic (exact) mass is 455 g/mol. The molecule has 4 N–H and O–H groups in total. The standard InChI is InChI=1S/C22H21N3O6S/c1-2-31-18-8-10-19(11-9-18)32(29,30)25-17-6-4-16(5-7-17)22(28)24-23-14-15-3-12-20(26)21(27)13-15/h3-14,25-27H,2H2,1H3,(H,24,28)/b23-14+. The van der Waals surface area contributed by atoms with Crippen molar-refractivity contribution in [2.75, 3.05) is 11.3 Å². The first kappa shape index (κ1) is 22.6. The van der Waals surface area contributed by atoms with Gasteiger partial charge < -0.3 is 14.9 Å². The van der Waals surface area contributed by atoms with Crippen molar-refractivity contribution in [3.05, 3.63) is 77.9 Å². The largest absolute Gasteiger partial charge is 0.504 e. The highest BCUT2D eigenvalue weighted by molar-refractivity contribution is 7.92. The lowest BCUT2D eigenvalue weighted by Gasteiger charge is -2.09. The fraction of sp³-hybridized carbons (Fsp3) is 0.0909. The lowest BCUT2D eigenvalue weighted by Crippen LogP contribution is -2.18. The van der Waals surface area contributed by atoms with E-state index in [9.17, 15) is 23.4 Å². The topological polar surface area (TPSA) is 137 Å². The van der Waals surface area contributed by atoms with Crippen LogP contribution in [-0.2, 0) is 10.0 Å². The molecule has 3 aromatic carbocycles. The summed E-state index contributed by atoms with van der Waals surface area (Å²) in [6.45, 7) is 2.32. The molecule has 0 bridgehead atoms. The van der Waals surface area contributed by atoms with Crippen LogP contribution in [0.2, 0.25) is 0 Å². The van der Waals surface area contributed by atoms with Crippen LogP contribution in [0.5, 0.6) is 17.2 Å². The van der Waals surface area contributed by atoms with Gasteiger partial charge >= 0.3 is 0 Å². The second-order valence-corrected chi connectivity index (χ2v) is 8.22. The molecule has 0 spiro atoms. The van der Waals surface area contributed by atoms with Crippen molar-refractivity contribution < 1.29 is 28.2 Å². The molecule has 9 nitrogen and oxygen atoms in total. The summed E-state index contributed by atoms with van der Waals surface area (Å²) in [4.78, 5) is 12.3. The second kappa shape index (κ2) is 9.84. The number of carbonyl (C=O) groups excluding carboxylic acids is 1. The highest BCUT2D eigenvalue weighted by atomic mass is 32.2. The van der Waals surface area contributed by atoms with Gasteiger partial charge in [-0.05, 0) is 79.2 Å². The van der Waals surface area contributed by atoms with Crippen LogP contribution in [-0.4, -0.2) is 37.4 Å². The number of hydrazone groups is 1. The molecule has 1 amide bonds. The van der Waals surface area contributed by atoms with Crippen molar-refractivity contribution >= 4 is 27.8 Å². The van der Waals surface area contributed by atoms with Gasteiger partial charge in [0.2, 0.25) is 0 Å². The summed E-state index contributed by atoms with van der Waals surface area (Å²) in [5.74, 6) is -0.496. The molecule has 0 aliphatic carbocycles. The molecule has 0 saturated carbocycles. The first-order valence-electron chi connectivity index (χ1n) is 9.49. The molecule has 0 saturated heterocycles. The Bertz CT molecular complexity index is 1220. The average molecular weight is 455 g/mol. The van der Waals surface area contributed by atoms with E-state index in [1.54, 1.807) is 12.1 Å². The number of benzene rings is 3. The molecule has 0 aliphatic heterocycles. The van der Waals surface area contributed by atoms with Crippen LogP contribution in [0.15, 0.2) is 76.7 Å². The van der Waals surface area contributed by atoms with E-state index >= 15 is 0 Å². The van der Waals surface area contributed by atoms with Crippen LogP contribution < -0.4 is 14.9 Å². The van der Waals surface area contributed by atoms with Crippen molar-refractivity contribution in [3.8, 4) is 17.2 Å². The molecule has 32 heavy (non-hydrogen) atoms. The van der Waals surface area contributed by atoms with Gasteiger partial charge in [0, 0.05) is 11.3 Å². The zero-order chi connectivity index (χ0) is 23.1. The second-order valence-electron chi connectivity index (χ2n) is 6.53. The zero-order valence-corrected chi connectivity index (χ0v) is 17.8. The summed E-state index contributed by atoms with van der Waals surface area (Å²) < 4.78 is 32.8. The summed E-state index contributed by atoms with van der Waals surface area (Å²) >= 11 is 0. The number of rotatable bonds is 8. The Morgan fingerprint density at radius 2 is 1.69 bits per heavy atom. The van der Waals surface area contributed by atoms with Crippen molar-refractivity contribution in [3.63, 3.8) is 0 Å². The Morgan fingerprint density at radius 3 is 2.31 bits per heavy atom. The fourth-order valence-corrected chi connectivity index (χ4v) is 3.69. The Hall–Kier alpha value is -4.05. The van der Waals surface area contributed by atoms with Crippen molar-refractivity contribution in [1.29, 1.82) is 0 Å². The number of amides is 1. The summed E-state index contributed by atoms with van der Waals surface area (Å²) in [6, 6.07) is 16.0. The molecule has 0 aromatic heterocycles. The van der Waals surface area contributed by atoms with Gasteiger partial charge in [-0.15, -0.1) is 0 Å². The number of phenols is 2. The summed E-state index contributed by atoms with van der Waals surface area (Å²) in [7, 11) is -3.80. The van der Waals surface area contributed by atoms with Crippen molar-refractivity contribution in [2.24, 2.45) is 5.10 Å². The zero-order valence-electron chi connectivity index (χ0n) is 17.0. The molecule has 0 atom stereocenters. The summed E-state index contributed by atoms with van der Waals surface area (Å²) in [5, 5.41) is 22.5. The summed E-state index contributed by atoms with van der Waals surface area (Å²) in [6.07, 6.45) is 1.30. The van der Waals surface area contributed by atoms with Crippen molar-refractivity contribution in [1.82, 2.24) is 5.43 Å². The SMILES string of the molecule is CCOc1ccc(S(=O)(=O)Nc2ccc(C(=O)N/N=C/c3ccc(O)c(O)c3)cc2)cc1. The van der Waals surface area contributed by atoms with Crippen LogP contribution in [0.4, 0.5) is 5.69 Å². The maximum absolute atomic E-state index is 12.5. The summed E-state index contributed by atoms with van der Waals surface area (Å²) in [5.41, 5.74) is 3.35. The molecule has 0 aliphatic rings. The third-order valence-corrected chi connectivity index (χ3v) is 5.62. The van der Waals surface area contributed by atoms with E-state index in [2.05, 4.69) is 15.2 Å². The number of phenolic OH excluding ortho intramolecular Hbond substituents is 2. The van der Waals surface area contributed by atoms with E-state index < -0.39 is 15.9 Å². The number of anilines is 1. The van der Waals surface area contributed by atoms with Crippen LogP contribution in [0.3, 0.4) is 0 Å². The number of nitrogens with one attached hydrogen (secondary N) is 2. The third kappa shape index (κ3) is 5.76. The van der Waals surface area contributed by atoms with E-state index in [4.69, 9.17) is 4.74 Å². The Balaban J connectivity index is 1.61. The minimum Gasteiger partial charge on any atom is -0.504 e. The van der Waals surface area contributed by atoms with Crippen molar-refractivity contribution in [2.45, 2.75) is 11.8 Å². The van der Waals surface area contributed by atoms with Gasteiger partial charge in [-0.2, -0.15) is 5.10 Å². The number of hydrogen-bond donors (Lipinski definition) is 4.